The minimum atomic E-state index is -0.0212. The summed E-state index contributed by atoms with van der Waals surface area (Å²) in [5, 5.41) is 21.6. The summed E-state index contributed by atoms with van der Waals surface area (Å²) in [4.78, 5) is 0. The summed E-state index contributed by atoms with van der Waals surface area (Å²) in [7, 11) is 0. The summed E-state index contributed by atoms with van der Waals surface area (Å²) in [5.41, 5.74) is 3.59. The van der Waals surface area contributed by atoms with Crippen LogP contribution in [0.25, 0.3) is 0 Å². The fourth-order valence-corrected chi connectivity index (χ4v) is 2.83. The van der Waals surface area contributed by atoms with Crippen LogP contribution >= 0.6 is 0 Å². The second-order valence-corrected chi connectivity index (χ2v) is 5.11. The summed E-state index contributed by atoms with van der Waals surface area (Å²) in [6, 6.07) is 14.1. The zero-order valence-corrected chi connectivity index (χ0v) is 10.7. The number of benzene rings is 2. The zero-order valence-electron chi connectivity index (χ0n) is 10.7. The standard InChI is InChI=1S/C16H17NO2/c18-15-9-12-6-7-17-14(13(12)10-16(15)19)8-11-4-2-1-3-5-11/h1-5,9-10,14,17-19H,6-8H2/p+1/t14-/m0/s1. The van der Waals surface area contributed by atoms with Gasteiger partial charge < -0.3 is 15.5 Å². The van der Waals surface area contributed by atoms with Crippen molar-refractivity contribution in [3.8, 4) is 11.5 Å². The quantitative estimate of drug-likeness (QED) is 0.713. The molecule has 98 valence electrons. The van der Waals surface area contributed by atoms with Gasteiger partial charge in [-0.1, -0.05) is 30.3 Å². The molecule has 4 N–H and O–H groups in total. The number of phenolic OH excluding ortho intramolecular Hbond substituents is 2. The third-order valence-electron chi connectivity index (χ3n) is 3.80. The Morgan fingerprint density at radius 3 is 2.58 bits per heavy atom. The molecule has 0 aromatic heterocycles. The zero-order chi connectivity index (χ0) is 13.2. The summed E-state index contributed by atoms with van der Waals surface area (Å²) in [5.74, 6) is -0.0359. The van der Waals surface area contributed by atoms with E-state index < -0.39 is 0 Å². The van der Waals surface area contributed by atoms with Gasteiger partial charge in [0.1, 0.15) is 6.04 Å². The van der Waals surface area contributed by atoms with Crippen molar-refractivity contribution in [1.82, 2.24) is 0 Å². The van der Waals surface area contributed by atoms with E-state index in [0.29, 0.717) is 6.04 Å². The Hall–Kier alpha value is -2.00. The van der Waals surface area contributed by atoms with Crippen LogP contribution in [-0.2, 0) is 12.8 Å². The lowest BCUT2D eigenvalue weighted by molar-refractivity contribution is -0.698. The largest absolute Gasteiger partial charge is 0.504 e. The van der Waals surface area contributed by atoms with Gasteiger partial charge in [-0.15, -0.1) is 0 Å². The maximum absolute atomic E-state index is 9.70. The van der Waals surface area contributed by atoms with Gasteiger partial charge in [0.2, 0.25) is 0 Å². The minimum absolute atomic E-state index is 0.0147. The maximum Gasteiger partial charge on any atom is 0.157 e. The van der Waals surface area contributed by atoms with Gasteiger partial charge in [-0.25, -0.2) is 0 Å². The molecule has 0 unspecified atom stereocenters. The van der Waals surface area contributed by atoms with Gasteiger partial charge in [0.25, 0.3) is 0 Å². The van der Waals surface area contributed by atoms with Crippen LogP contribution in [-0.4, -0.2) is 16.8 Å². The molecule has 3 nitrogen and oxygen atoms in total. The van der Waals surface area contributed by atoms with Crippen LogP contribution < -0.4 is 5.32 Å². The molecule has 0 radical (unpaired) electrons. The molecule has 0 saturated carbocycles. The van der Waals surface area contributed by atoms with Crippen molar-refractivity contribution in [2.24, 2.45) is 0 Å². The molecule has 0 saturated heterocycles. The van der Waals surface area contributed by atoms with E-state index in [2.05, 4.69) is 17.4 Å². The molecule has 1 aliphatic heterocycles. The molecular weight excluding hydrogens is 238 g/mol. The first-order valence-corrected chi connectivity index (χ1v) is 6.66. The number of hydrogen-bond acceptors (Lipinski definition) is 2. The molecular formula is C16H18NO2+. The molecule has 19 heavy (non-hydrogen) atoms. The Morgan fingerprint density at radius 2 is 1.79 bits per heavy atom. The highest BCUT2D eigenvalue weighted by molar-refractivity contribution is 5.47. The van der Waals surface area contributed by atoms with Gasteiger partial charge in [-0.05, 0) is 23.3 Å². The van der Waals surface area contributed by atoms with Crippen LogP contribution in [0.2, 0.25) is 0 Å². The van der Waals surface area contributed by atoms with E-state index in [1.165, 1.54) is 5.56 Å². The Morgan fingerprint density at radius 1 is 1.05 bits per heavy atom. The van der Waals surface area contributed by atoms with Gasteiger partial charge >= 0.3 is 0 Å². The fourth-order valence-electron chi connectivity index (χ4n) is 2.83. The summed E-state index contributed by atoms with van der Waals surface area (Å²) >= 11 is 0. The van der Waals surface area contributed by atoms with Gasteiger partial charge in [0.15, 0.2) is 11.5 Å². The minimum Gasteiger partial charge on any atom is -0.504 e. The summed E-state index contributed by atoms with van der Waals surface area (Å²) in [6.07, 6.45) is 1.88. The van der Waals surface area contributed by atoms with Crippen molar-refractivity contribution in [3.63, 3.8) is 0 Å². The van der Waals surface area contributed by atoms with E-state index in [1.807, 2.05) is 18.2 Å². The molecule has 0 aliphatic carbocycles. The van der Waals surface area contributed by atoms with E-state index in [1.54, 1.807) is 12.1 Å². The molecule has 1 aliphatic rings. The number of quaternary nitrogens is 1. The third kappa shape index (κ3) is 2.42. The van der Waals surface area contributed by atoms with Crippen LogP contribution in [0.5, 0.6) is 11.5 Å². The maximum atomic E-state index is 9.70. The molecule has 2 aromatic carbocycles. The molecule has 0 fully saturated rings. The number of phenols is 2. The van der Waals surface area contributed by atoms with Crippen molar-refractivity contribution in [1.29, 1.82) is 0 Å². The van der Waals surface area contributed by atoms with Gasteiger partial charge in [0, 0.05) is 18.4 Å². The highest BCUT2D eigenvalue weighted by atomic mass is 16.3. The lowest BCUT2D eigenvalue weighted by Crippen LogP contribution is -2.87. The highest BCUT2D eigenvalue weighted by Crippen LogP contribution is 2.32. The van der Waals surface area contributed by atoms with Gasteiger partial charge in [-0.2, -0.15) is 0 Å². The second kappa shape index (κ2) is 4.94. The molecule has 2 aromatic rings. The lowest BCUT2D eigenvalue weighted by Gasteiger charge is -2.24. The van der Waals surface area contributed by atoms with Crippen molar-refractivity contribution >= 4 is 0 Å². The van der Waals surface area contributed by atoms with Crippen LogP contribution in [0.4, 0.5) is 0 Å². The Balaban J connectivity index is 1.92. The number of hydrogen-bond donors (Lipinski definition) is 3. The van der Waals surface area contributed by atoms with E-state index in [0.717, 1.165) is 30.5 Å². The van der Waals surface area contributed by atoms with Crippen molar-refractivity contribution in [2.75, 3.05) is 6.54 Å². The molecule has 1 atom stereocenters. The first kappa shape index (κ1) is 12.1. The smallest absolute Gasteiger partial charge is 0.157 e. The Bertz CT molecular complexity index is 581. The number of rotatable bonds is 2. The molecule has 0 spiro atoms. The van der Waals surface area contributed by atoms with E-state index in [9.17, 15) is 10.2 Å². The Labute approximate surface area is 112 Å². The number of aromatic hydroxyl groups is 2. The van der Waals surface area contributed by atoms with Crippen LogP contribution in [0, 0.1) is 0 Å². The average molecular weight is 256 g/mol. The first-order chi connectivity index (χ1) is 9.24. The van der Waals surface area contributed by atoms with Crippen molar-refractivity contribution < 1.29 is 15.5 Å². The molecule has 3 rings (SSSR count). The van der Waals surface area contributed by atoms with Crippen molar-refractivity contribution in [3.05, 3.63) is 59.2 Å². The van der Waals surface area contributed by atoms with Gasteiger partial charge in [-0.3, -0.25) is 0 Å². The van der Waals surface area contributed by atoms with Crippen molar-refractivity contribution in [2.45, 2.75) is 18.9 Å². The summed E-state index contributed by atoms with van der Waals surface area (Å²) < 4.78 is 0. The fraction of sp³-hybridized carbons (Fsp3) is 0.250. The number of nitrogens with two attached hydrogens (primary N) is 1. The highest BCUT2D eigenvalue weighted by Gasteiger charge is 2.25. The predicted molar refractivity (Wildman–Crippen MR) is 73.2 cm³/mol. The Kier molecular flexibility index (Phi) is 3.13. The van der Waals surface area contributed by atoms with E-state index in [-0.39, 0.29) is 11.5 Å². The van der Waals surface area contributed by atoms with Crippen LogP contribution in [0.1, 0.15) is 22.7 Å². The predicted octanol–water partition coefficient (Wildman–Crippen LogP) is 1.50. The third-order valence-corrected chi connectivity index (χ3v) is 3.80. The first-order valence-electron chi connectivity index (χ1n) is 6.66. The molecule has 0 bridgehead atoms. The molecule has 1 heterocycles. The average Bonchev–Trinajstić information content (AvgIpc) is 2.42. The molecule has 3 heteroatoms. The SMILES string of the molecule is Oc1cc2c(cc1O)[C@H](Cc1ccccc1)[NH2+]CC2. The lowest BCUT2D eigenvalue weighted by atomic mass is 9.90. The number of fused-ring (bicyclic) bond motifs is 1. The topological polar surface area (TPSA) is 57.1 Å². The molecule has 0 amide bonds. The summed E-state index contributed by atoms with van der Waals surface area (Å²) in [6.45, 7) is 1.02. The monoisotopic (exact) mass is 256 g/mol. The van der Waals surface area contributed by atoms with E-state index >= 15 is 0 Å². The van der Waals surface area contributed by atoms with Crippen LogP contribution in [0.3, 0.4) is 0 Å². The van der Waals surface area contributed by atoms with E-state index in [4.69, 9.17) is 0 Å². The van der Waals surface area contributed by atoms with Crippen LogP contribution in [0.15, 0.2) is 42.5 Å². The van der Waals surface area contributed by atoms with Gasteiger partial charge in [0.05, 0.1) is 6.54 Å². The normalized spacial score (nSPS) is 18.0. The second-order valence-electron chi connectivity index (χ2n) is 5.11.